The summed E-state index contributed by atoms with van der Waals surface area (Å²) >= 11 is 0. The van der Waals surface area contributed by atoms with Crippen molar-refractivity contribution < 1.29 is 23.8 Å². The summed E-state index contributed by atoms with van der Waals surface area (Å²) in [6, 6.07) is 8.99. The minimum absolute atomic E-state index is 0.0844. The number of aromatic nitrogens is 3. The quantitative estimate of drug-likeness (QED) is 0.453. The standard InChI is InChI=1S/C25H31N5O5/c1-3-19(4-2)27-23(31)22-16-26-24(35-22)18-7-5-6-17(14-18)20-15-21(25(32)33)30(28-20)9-8-29-10-12-34-13-11-29/h5-7,14-16,19H,3-4,8-13H2,1-2H3,(H,27,31)(H,32,33). The molecule has 1 saturated heterocycles. The molecular formula is C25H31N5O5. The fourth-order valence-corrected chi connectivity index (χ4v) is 4.03. The van der Waals surface area contributed by atoms with Gasteiger partial charge in [-0.3, -0.25) is 14.4 Å². The third-order valence-electron chi connectivity index (χ3n) is 6.19. The summed E-state index contributed by atoms with van der Waals surface area (Å²) in [6.45, 7) is 8.23. The second-order valence-corrected chi connectivity index (χ2v) is 8.49. The third-order valence-corrected chi connectivity index (χ3v) is 6.19. The maximum Gasteiger partial charge on any atom is 0.354 e. The minimum atomic E-state index is -1.03. The lowest BCUT2D eigenvalue weighted by Crippen LogP contribution is -2.38. The summed E-state index contributed by atoms with van der Waals surface area (Å²) in [4.78, 5) is 30.8. The van der Waals surface area contributed by atoms with Gasteiger partial charge >= 0.3 is 5.97 Å². The highest BCUT2D eigenvalue weighted by molar-refractivity contribution is 5.91. The van der Waals surface area contributed by atoms with E-state index in [1.54, 1.807) is 6.07 Å². The molecule has 1 aliphatic rings. The number of ether oxygens (including phenoxy) is 1. The van der Waals surface area contributed by atoms with Crippen molar-refractivity contribution >= 4 is 11.9 Å². The average molecular weight is 482 g/mol. The van der Waals surface area contributed by atoms with Crippen molar-refractivity contribution in [3.05, 3.63) is 48.0 Å². The molecule has 0 radical (unpaired) electrons. The van der Waals surface area contributed by atoms with Crippen molar-refractivity contribution in [2.45, 2.75) is 39.3 Å². The van der Waals surface area contributed by atoms with Crippen LogP contribution >= 0.6 is 0 Å². The van der Waals surface area contributed by atoms with Crippen LogP contribution in [0.4, 0.5) is 0 Å². The summed E-state index contributed by atoms with van der Waals surface area (Å²) in [5.41, 5.74) is 2.08. The molecule has 1 amide bonds. The van der Waals surface area contributed by atoms with E-state index in [1.165, 1.54) is 10.9 Å². The summed E-state index contributed by atoms with van der Waals surface area (Å²) in [7, 11) is 0. The number of carbonyl (C=O) groups is 2. The van der Waals surface area contributed by atoms with E-state index in [1.807, 2.05) is 38.1 Å². The van der Waals surface area contributed by atoms with Gasteiger partial charge in [-0.15, -0.1) is 0 Å². The van der Waals surface area contributed by atoms with E-state index in [0.717, 1.165) is 31.5 Å². The van der Waals surface area contributed by atoms with Crippen LogP contribution < -0.4 is 5.32 Å². The van der Waals surface area contributed by atoms with Gasteiger partial charge in [0, 0.05) is 36.8 Å². The normalized spacial score (nSPS) is 14.4. The lowest BCUT2D eigenvalue weighted by molar-refractivity contribution is 0.0356. The number of aromatic carboxylic acids is 1. The number of carboxylic acid groups (broad SMARTS) is 1. The lowest BCUT2D eigenvalue weighted by atomic mass is 10.1. The number of oxazole rings is 1. The number of morpholine rings is 1. The zero-order valence-electron chi connectivity index (χ0n) is 20.1. The average Bonchev–Trinajstić information content (AvgIpc) is 3.55. The van der Waals surface area contributed by atoms with Crippen LogP contribution in [0.1, 0.15) is 47.7 Å². The maximum absolute atomic E-state index is 12.5. The van der Waals surface area contributed by atoms with Crippen molar-refractivity contribution in [3.63, 3.8) is 0 Å². The van der Waals surface area contributed by atoms with E-state index in [-0.39, 0.29) is 23.4 Å². The first-order chi connectivity index (χ1) is 17.0. The van der Waals surface area contributed by atoms with Gasteiger partial charge < -0.3 is 19.6 Å². The molecule has 3 aromatic rings. The van der Waals surface area contributed by atoms with Gasteiger partial charge in [-0.05, 0) is 31.0 Å². The van der Waals surface area contributed by atoms with Gasteiger partial charge in [-0.25, -0.2) is 9.78 Å². The van der Waals surface area contributed by atoms with Gasteiger partial charge in [-0.2, -0.15) is 5.10 Å². The number of hydrogen-bond acceptors (Lipinski definition) is 7. The van der Waals surface area contributed by atoms with Crippen LogP contribution in [-0.2, 0) is 11.3 Å². The number of carbonyl (C=O) groups excluding carboxylic acids is 1. The first kappa shape index (κ1) is 24.6. The molecule has 1 aliphatic heterocycles. The second kappa shape index (κ2) is 11.3. The zero-order valence-corrected chi connectivity index (χ0v) is 20.1. The molecule has 10 heteroatoms. The molecular weight excluding hydrogens is 450 g/mol. The first-order valence-electron chi connectivity index (χ1n) is 12.0. The van der Waals surface area contributed by atoms with E-state index >= 15 is 0 Å². The van der Waals surface area contributed by atoms with E-state index in [2.05, 4.69) is 20.3 Å². The molecule has 2 N–H and O–H groups in total. The molecule has 1 fully saturated rings. The largest absolute Gasteiger partial charge is 0.477 e. The van der Waals surface area contributed by atoms with E-state index in [0.29, 0.717) is 43.5 Å². The Bertz CT molecular complexity index is 1160. The molecule has 10 nitrogen and oxygen atoms in total. The maximum atomic E-state index is 12.5. The lowest BCUT2D eigenvalue weighted by Gasteiger charge is -2.26. The number of nitrogens with zero attached hydrogens (tertiary/aromatic N) is 4. The van der Waals surface area contributed by atoms with Gasteiger partial charge in [-0.1, -0.05) is 26.0 Å². The molecule has 3 heterocycles. The van der Waals surface area contributed by atoms with Gasteiger partial charge in [0.25, 0.3) is 5.91 Å². The van der Waals surface area contributed by atoms with E-state index < -0.39 is 5.97 Å². The van der Waals surface area contributed by atoms with Crippen LogP contribution in [0.2, 0.25) is 0 Å². The molecule has 1 aromatic carbocycles. The number of hydrogen-bond donors (Lipinski definition) is 2. The Hall–Kier alpha value is -3.50. The van der Waals surface area contributed by atoms with E-state index in [4.69, 9.17) is 9.15 Å². The van der Waals surface area contributed by atoms with Crippen LogP contribution in [0, 0.1) is 0 Å². The monoisotopic (exact) mass is 481 g/mol. The first-order valence-corrected chi connectivity index (χ1v) is 12.0. The molecule has 0 spiro atoms. The van der Waals surface area contributed by atoms with Gasteiger partial charge in [0.05, 0.1) is 31.6 Å². The van der Waals surface area contributed by atoms with Crippen molar-refractivity contribution in [2.24, 2.45) is 0 Å². The summed E-state index contributed by atoms with van der Waals surface area (Å²) in [5.74, 6) is -0.856. The predicted octanol–water partition coefficient (Wildman–Crippen LogP) is 3.15. The molecule has 0 unspecified atom stereocenters. The number of rotatable bonds is 10. The highest BCUT2D eigenvalue weighted by atomic mass is 16.5. The topological polar surface area (TPSA) is 123 Å². The van der Waals surface area contributed by atoms with Gasteiger partial charge in [0.15, 0.2) is 0 Å². The third kappa shape index (κ3) is 5.95. The van der Waals surface area contributed by atoms with Crippen molar-refractivity contribution in [3.8, 4) is 22.7 Å². The molecule has 0 aliphatic carbocycles. The van der Waals surface area contributed by atoms with E-state index in [9.17, 15) is 14.7 Å². The van der Waals surface area contributed by atoms with Crippen molar-refractivity contribution in [2.75, 3.05) is 32.8 Å². The summed E-state index contributed by atoms with van der Waals surface area (Å²) in [5, 5.41) is 17.2. The van der Waals surface area contributed by atoms with Crippen LogP contribution in [0.25, 0.3) is 22.7 Å². The smallest absolute Gasteiger partial charge is 0.354 e. The Kier molecular flexibility index (Phi) is 7.94. The fourth-order valence-electron chi connectivity index (χ4n) is 4.03. The Morgan fingerprint density at radius 2 is 1.86 bits per heavy atom. The Balaban J connectivity index is 1.52. The molecule has 35 heavy (non-hydrogen) atoms. The number of nitrogens with one attached hydrogen (secondary N) is 1. The molecule has 2 aromatic heterocycles. The molecule has 4 rings (SSSR count). The Morgan fingerprint density at radius 1 is 1.11 bits per heavy atom. The molecule has 186 valence electrons. The highest BCUT2D eigenvalue weighted by Crippen LogP contribution is 2.26. The number of carboxylic acids is 1. The van der Waals surface area contributed by atoms with Crippen LogP contribution in [0.3, 0.4) is 0 Å². The van der Waals surface area contributed by atoms with Gasteiger partial charge in [0.1, 0.15) is 5.69 Å². The molecule has 0 atom stereocenters. The van der Waals surface area contributed by atoms with Crippen LogP contribution in [0.5, 0.6) is 0 Å². The highest BCUT2D eigenvalue weighted by Gasteiger charge is 2.19. The molecule has 0 saturated carbocycles. The second-order valence-electron chi connectivity index (χ2n) is 8.49. The minimum Gasteiger partial charge on any atom is -0.477 e. The summed E-state index contributed by atoms with van der Waals surface area (Å²) < 4.78 is 12.6. The number of amides is 1. The molecule has 0 bridgehead atoms. The summed E-state index contributed by atoms with van der Waals surface area (Å²) in [6.07, 6.45) is 3.09. The number of benzene rings is 1. The van der Waals surface area contributed by atoms with Crippen molar-refractivity contribution in [1.29, 1.82) is 0 Å². The fraction of sp³-hybridized carbons (Fsp3) is 0.440. The van der Waals surface area contributed by atoms with Crippen LogP contribution in [-0.4, -0.2) is 75.5 Å². The predicted molar refractivity (Wildman–Crippen MR) is 129 cm³/mol. The van der Waals surface area contributed by atoms with Gasteiger partial charge in [0.2, 0.25) is 11.7 Å². The SMILES string of the molecule is CCC(CC)NC(=O)c1cnc(-c2cccc(-c3cc(C(=O)O)n(CCN4CCOCC4)n3)c2)o1. The Morgan fingerprint density at radius 3 is 2.57 bits per heavy atom. The van der Waals surface area contributed by atoms with Crippen molar-refractivity contribution in [1.82, 2.24) is 25.0 Å². The Labute approximate surface area is 203 Å². The zero-order chi connectivity index (χ0) is 24.8. The van der Waals surface area contributed by atoms with Crippen LogP contribution in [0.15, 0.2) is 40.9 Å².